The minimum atomic E-state index is 0. The van der Waals surface area contributed by atoms with E-state index in [9.17, 15) is 0 Å². The van der Waals surface area contributed by atoms with Crippen LogP contribution in [-0.2, 0) is 19.4 Å². The van der Waals surface area contributed by atoms with E-state index in [0.29, 0.717) is 0 Å². The molecule has 4 rings (SSSR count). The summed E-state index contributed by atoms with van der Waals surface area (Å²) in [7, 11) is 3.38. The van der Waals surface area contributed by atoms with Crippen LogP contribution in [0.3, 0.4) is 0 Å². The monoisotopic (exact) mass is 577 g/mol. The second-order valence-electron chi connectivity index (χ2n) is 8.30. The number of aromatic amines is 1. The molecule has 7 nitrogen and oxygen atoms in total. The van der Waals surface area contributed by atoms with Crippen LogP contribution in [0.1, 0.15) is 23.6 Å². The molecule has 0 bridgehead atoms. The van der Waals surface area contributed by atoms with Crippen molar-refractivity contribution in [1.82, 2.24) is 20.5 Å². The lowest BCUT2D eigenvalue weighted by Gasteiger charge is -2.29. The van der Waals surface area contributed by atoms with Crippen molar-refractivity contribution < 1.29 is 9.47 Å². The Labute approximate surface area is 219 Å². The van der Waals surface area contributed by atoms with Gasteiger partial charge in [0.1, 0.15) is 0 Å². The Morgan fingerprint density at radius 2 is 1.85 bits per heavy atom. The van der Waals surface area contributed by atoms with Gasteiger partial charge in [-0.2, -0.15) is 0 Å². The van der Waals surface area contributed by atoms with E-state index in [2.05, 4.69) is 70.0 Å². The normalized spacial score (nSPS) is 13.8. The zero-order valence-electron chi connectivity index (χ0n) is 20.3. The Kier molecular flexibility index (Phi) is 9.88. The first-order valence-corrected chi connectivity index (χ1v) is 11.7. The van der Waals surface area contributed by atoms with Crippen LogP contribution < -0.4 is 20.1 Å². The van der Waals surface area contributed by atoms with Gasteiger partial charge in [0.2, 0.25) is 0 Å². The highest BCUT2D eigenvalue weighted by molar-refractivity contribution is 14.0. The van der Waals surface area contributed by atoms with Crippen LogP contribution in [0.2, 0.25) is 0 Å². The van der Waals surface area contributed by atoms with E-state index in [4.69, 9.17) is 14.5 Å². The Bertz CT molecular complexity index is 1100. The summed E-state index contributed by atoms with van der Waals surface area (Å²) in [6, 6.07) is 12.7. The van der Waals surface area contributed by atoms with Crippen molar-refractivity contribution in [2.75, 3.05) is 46.9 Å². The van der Waals surface area contributed by atoms with Crippen molar-refractivity contribution in [1.29, 1.82) is 0 Å². The molecule has 0 saturated heterocycles. The third-order valence-corrected chi connectivity index (χ3v) is 6.19. The number of para-hydroxylation sites is 1. The highest BCUT2D eigenvalue weighted by Gasteiger charge is 2.19. The van der Waals surface area contributed by atoms with Gasteiger partial charge >= 0.3 is 0 Å². The lowest BCUT2D eigenvalue weighted by atomic mass is 9.99. The SMILES string of the molecule is CCNC(=NCCN1CCc2cc(OC)c(OC)cc2C1)NCCc1c[nH]c2ccccc12.I. The molecule has 0 aliphatic carbocycles. The molecule has 0 fully saturated rings. The zero-order valence-corrected chi connectivity index (χ0v) is 22.6. The molecule has 0 atom stereocenters. The average molecular weight is 578 g/mol. The quantitative estimate of drug-likeness (QED) is 0.204. The van der Waals surface area contributed by atoms with Gasteiger partial charge in [-0.15, -0.1) is 24.0 Å². The predicted octanol–water partition coefficient (Wildman–Crippen LogP) is 3.96. The van der Waals surface area contributed by atoms with Crippen LogP contribution in [0, 0.1) is 0 Å². The summed E-state index contributed by atoms with van der Waals surface area (Å²) in [5.41, 5.74) is 5.17. The Morgan fingerprint density at radius 1 is 1.09 bits per heavy atom. The van der Waals surface area contributed by atoms with Crippen LogP contribution in [0.25, 0.3) is 10.9 Å². The second kappa shape index (κ2) is 12.9. The van der Waals surface area contributed by atoms with Gasteiger partial charge in [0.15, 0.2) is 17.5 Å². The summed E-state index contributed by atoms with van der Waals surface area (Å²) < 4.78 is 10.9. The van der Waals surface area contributed by atoms with Gasteiger partial charge in [0.05, 0.1) is 20.8 Å². The molecule has 3 aromatic rings. The topological polar surface area (TPSA) is 73.9 Å². The predicted molar refractivity (Wildman–Crippen MR) is 150 cm³/mol. The maximum Gasteiger partial charge on any atom is 0.191 e. The number of nitrogens with zero attached hydrogens (tertiary/aromatic N) is 2. The maximum absolute atomic E-state index is 5.48. The molecular formula is C26H36IN5O2. The largest absolute Gasteiger partial charge is 0.493 e. The van der Waals surface area contributed by atoms with Crippen molar-refractivity contribution in [2.24, 2.45) is 4.99 Å². The number of nitrogens with one attached hydrogen (secondary N) is 3. The number of guanidine groups is 1. The summed E-state index contributed by atoms with van der Waals surface area (Å²) in [6.45, 7) is 7.40. The van der Waals surface area contributed by atoms with Crippen molar-refractivity contribution in [3.05, 3.63) is 59.3 Å². The molecule has 8 heteroatoms. The van der Waals surface area contributed by atoms with Crippen LogP contribution in [0.15, 0.2) is 47.6 Å². The molecule has 1 aliphatic rings. The number of H-pyrrole nitrogens is 1. The number of rotatable bonds is 9. The third kappa shape index (κ3) is 6.35. The van der Waals surface area contributed by atoms with Gasteiger partial charge in [-0.25, -0.2) is 0 Å². The number of fused-ring (bicyclic) bond motifs is 2. The molecule has 0 spiro atoms. The summed E-state index contributed by atoms with van der Waals surface area (Å²) in [4.78, 5) is 10.6. The van der Waals surface area contributed by atoms with E-state index < -0.39 is 0 Å². The number of ether oxygens (including phenoxy) is 2. The van der Waals surface area contributed by atoms with E-state index in [1.54, 1.807) is 14.2 Å². The van der Waals surface area contributed by atoms with E-state index in [1.165, 1.54) is 27.6 Å². The second-order valence-corrected chi connectivity index (χ2v) is 8.30. The molecule has 184 valence electrons. The van der Waals surface area contributed by atoms with Crippen LogP contribution in [-0.4, -0.2) is 62.8 Å². The molecule has 1 aliphatic heterocycles. The number of aliphatic imine (C=N–C) groups is 1. The number of methoxy groups -OCH3 is 2. The van der Waals surface area contributed by atoms with Gasteiger partial charge in [-0.05, 0) is 54.7 Å². The third-order valence-electron chi connectivity index (χ3n) is 6.19. The van der Waals surface area contributed by atoms with E-state index in [-0.39, 0.29) is 24.0 Å². The molecule has 0 radical (unpaired) electrons. The Hall–Kier alpha value is -2.46. The standard InChI is InChI=1S/C26H35N5O2.HI/c1-4-27-26(28-11-9-20-17-30-23-8-6-5-7-22(20)23)29-12-14-31-13-10-19-15-24(32-2)25(33-3)16-21(19)18-31;/h5-8,15-17,30H,4,9-14,18H2,1-3H3,(H2,27,28,29);1H. The Balaban J connectivity index is 0.00000324. The zero-order chi connectivity index (χ0) is 23.0. The van der Waals surface area contributed by atoms with Gasteiger partial charge < -0.3 is 25.1 Å². The van der Waals surface area contributed by atoms with E-state index >= 15 is 0 Å². The van der Waals surface area contributed by atoms with E-state index in [1.807, 2.05) is 0 Å². The minimum absolute atomic E-state index is 0. The van der Waals surface area contributed by atoms with Crippen molar-refractivity contribution in [3.63, 3.8) is 0 Å². The van der Waals surface area contributed by atoms with Gasteiger partial charge in [0, 0.05) is 49.8 Å². The first-order chi connectivity index (χ1) is 16.2. The van der Waals surface area contributed by atoms with Crippen LogP contribution in [0.4, 0.5) is 0 Å². The molecule has 3 N–H and O–H groups in total. The van der Waals surface area contributed by atoms with Crippen LogP contribution >= 0.6 is 24.0 Å². The first kappa shape index (κ1) is 26.2. The maximum atomic E-state index is 5.48. The molecule has 0 saturated carbocycles. The van der Waals surface area contributed by atoms with Crippen molar-refractivity contribution in [2.45, 2.75) is 26.3 Å². The fourth-order valence-corrected chi connectivity index (χ4v) is 4.43. The van der Waals surface area contributed by atoms with Crippen molar-refractivity contribution >= 4 is 40.8 Å². The fraction of sp³-hybridized carbons (Fsp3) is 0.423. The molecule has 0 unspecified atom stereocenters. The molecule has 2 heterocycles. The highest BCUT2D eigenvalue weighted by Crippen LogP contribution is 2.33. The number of benzene rings is 2. The molecule has 2 aromatic carbocycles. The fourth-order valence-electron chi connectivity index (χ4n) is 4.43. The summed E-state index contributed by atoms with van der Waals surface area (Å²) in [5, 5.41) is 8.14. The Morgan fingerprint density at radius 3 is 2.62 bits per heavy atom. The van der Waals surface area contributed by atoms with Gasteiger partial charge in [-0.3, -0.25) is 9.89 Å². The molecular weight excluding hydrogens is 541 g/mol. The number of aromatic nitrogens is 1. The average Bonchev–Trinajstić information content (AvgIpc) is 3.26. The molecule has 1 aromatic heterocycles. The lowest BCUT2D eigenvalue weighted by Crippen LogP contribution is -2.39. The summed E-state index contributed by atoms with van der Waals surface area (Å²) in [5.74, 6) is 2.48. The van der Waals surface area contributed by atoms with Gasteiger partial charge in [-0.1, -0.05) is 18.2 Å². The minimum Gasteiger partial charge on any atom is -0.493 e. The summed E-state index contributed by atoms with van der Waals surface area (Å²) >= 11 is 0. The van der Waals surface area contributed by atoms with E-state index in [0.717, 1.165) is 69.6 Å². The summed E-state index contributed by atoms with van der Waals surface area (Å²) in [6.07, 6.45) is 4.07. The van der Waals surface area contributed by atoms with Crippen molar-refractivity contribution in [3.8, 4) is 11.5 Å². The van der Waals surface area contributed by atoms with Crippen LogP contribution in [0.5, 0.6) is 11.5 Å². The molecule has 34 heavy (non-hydrogen) atoms. The number of hydrogen-bond donors (Lipinski definition) is 3. The molecule has 0 amide bonds. The van der Waals surface area contributed by atoms with Gasteiger partial charge in [0.25, 0.3) is 0 Å². The lowest BCUT2D eigenvalue weighted by molar-refractivity contribution is 0.260. The highest BCUT2D eigenvalue weighted by atomic mass is 127. The number of hydrogen-bond acceptors (Lipinski definition) is 4. The number of halogens is 1. The smallest absolute Gasteiger partial charge is 0.191 e. The first-order valence-electron chi connectivity index (χ1n) is 11.7.